The van der Waals surface area contributed by atoms with Gasteiger partial charge in [-0.15, -0.1) is 0 Å². The Morgan fingerprint density at radius 1 is 1.47 bits per heavy atom. The SMILES string of the molecule is CCC(C)N(C)C(=O)c1cc(F)ccc1S(N)(=O)=O. The fourth-order valence-corrected chi connectivity index (χ4v) is 2.29. The second-order valence-electron chi connectivity index (χ2n) is 4.36. The summed E-state index contributed by atoms with van der Waals surface area (Å²) in [4.78, 5) is 13.2. The van der Waals surface area contributed by atoms with Gasteiger partial charge in [-0.05, 0) is 31.5 Å². The van der Waals surface area contributed by atoms with Gasteiger partial charge in [0.2, 0.25) is 10.0 Å². The summed E-state index contributed by atoms with van der Waals surface area (Å²) >= 11 is 0. The van der Waals surface area contributed by atoms with E-state index in [1.54, 1.807) is 0 Å². The molecule has 1 aromatic carbocycles. The predicted octanol–water partition coefficient (Wildman–Crippen LogP) is 1.34. The first kappa shape index (κ1) is 15.6. The summed E-state index contributed by atoms with van der Waals surface area (Å²) in [6.45, 7) is 3.70. The van der Waals surface area contributed by atoms with Gasteiger partial charge in [0.25, 0.3) is 5.91 Å². The second-order valence-corrected chi connectivity index (χ2v) is 5.89. The highest BCUT2D eigenvalue weighted by Crippen LogP contribution is 2.18. The Balaban J connectivity index is 3.34. The molecule has 5 nitrogen and oxygen atoms in total. The van der Waals surface area contributed by atoms with Gasteiger partial charge in [-0.2, -0.15) is 0 Å². The third-order valence-corrected chi connectivity index (χ3v) is 4.02. The number of primary sulfonamides is 1. The van der Waals surface area contributed by atoms with Crippen molar-refractivity contribution in [2.75, 3.05) is 7.05 Å². The minimum Gasteiger partial charge on any atom is -0.339 e. The summed E-state index contributed by atoms with van der Waals surface area (Å²) in [5.74, 6) is -1.26. The molecule has 0 aliphatic rings. The third-order valence-electron chi connectivity index (χ3n) is 3.05. The van der Waals surface area contributed by atoms with Crippen molar-refractivity contribution in [3.63, 3.8) is 0 Å². The Morgan fingerprint density at radius 3 is 2.53 bits per heavy atom. The highest BCUT2D eigenvalue weighted by molar-refractivity contribution is 7.89. The number of carbonyl (C=O) groups excluding carboxylic acids is 1. The molecule has 1 unspecified atom stereocenters. The van der Waals surface area contributed by atoms with Crippen LogP contribution in [0.25, 0.3) is 0 Å². The first-order valence-electron chi connectivity index (χ1n) is 5.78. The fraction of sp³-hybridized carbons (Fsp3) is 0.417. The number of nitrogens with zero attached hydrogens (tertiary/aromatic N) is 1. The summed E-state index contributed by atoms with van der Waals surface area (Å²) in [5.41, 5.74) is -0.245. The molecule has 0 spiro atoms. The highest BCUT2D eigenvalue weighted by atomic mass is 32.2. The zero-order valence-electron chi connectivity index (χ0n) is 11.1. The van der Waals surface area contributed by atoms with E-state index < -0.39 is 21.7 Å². The van der Waals surface area contributed by atoms with Crippen molar-refractivity contribution in [3.8, 4) is 0 Å². The molecule has 2 N–H and O–H groups in total. The van der Waals surface area contributed by atoms with E-state index in [0.717, 1.165) is 18.2 Å². The Labute approximate surface area is 112 Å². The minimum absolute atomic E-state index is 0.0934. The van der Waals surface area contributed by atoms with E-state index in [9.17, 15) is 17.6 Å². The van der Waals surface area contributed by atoms with Crippen LogP contribution in [0.5, 0.6) is 0 Å². The number of nitrogens with two attached hydrogens (primary N) is 1. The molecule has 7 heteroatoms. The van der Waals surface area contributed by atoms with Crippen LogP contribution in [0.4, 0.5) is 4.39 Å². The summed E-state index contributed by atoms with van der Waals surface area (Å²) in [6.07, 6.45) is 0.697. The van der Waals surface area contributed by atoms with Gasteiger partial charge in [0.05, 0.1) is 10.5 Å². The quantitative estimate of drug-likeness (QED) is 0.908. The van der Waals surface area contributed by atoms with Gasteiger partial charge in [-0.1, -0.05) is 6.92 Å². The number of hydrogen-bond acceptors (Lipinski definition) is 3. The van der Waals surface area contributed by atoms with Crippen molar-refractivity contribution in [3.05, 3.63) is 29.6 Å². The van der Waals surface area contributed by atoms with Gasteiger partial charge >= 0.3 is 0 Å². The van der Waals surface area contributed by atoms with E-state index in [4.69, 9.17) is 5.14 Å². The molecular formula is C12H17FN2O3S. The second kappa shape index (κ2) is 5.66. The van der Waals surface area contributed by atoms with Crippen LogP contribution in [0.2, 0.25) is 0 Å². The van der Waals surface area contributed by atoms with Gasteiger partial charge in [0.1, 0.15) is 5.82 Å². The largest absolute Gasteiger partial charge is 0.339 e. The monoisotopic (exact) mass is 288 g/mol. The summed E-state index contributed by atoms with van der Waals surface area (Å²) in [5, 5.41) is 5.03. The lowest BCUT2D eigenvalue weighted by molar-refractivity contribution is 0.0736. The molecule has 1 aromatic rings. The Kier molecular flexibility index (Phi) is 4.65. The molecule has 0 bridgehead atoms. The van der Waals surface area contributed by atoms with Crippen LogP contribution in [0.15, 0.2) is 23.1 Å². The number of benzene rings is 1. The molecule has 0 fully saturated rings. The van der Waals surface area contributed by atoms with Crippen molar-refractivity contribution in [1.29, 1.82) is 0 Å². The Bertz CT molecular complexity index is 587. The summed E-state index contributed by atoms with van der Waals surface area (Å²) < 4.78 is 36.1. The lowest BCUT2D eigenvalue weighted by Gasteiger charge is -2.24. The normalized spacial score (nSPS) is 13.1. The number of hydrogen-bond donors (Lipinski definition) is 1. The molecule has 19 heavy (non-hydrogen) atoms. The summed E-state index contributed by atoms with van der Waals surface area (Å²) in [7, 11) is -2.54. The van der Waals surface area contributed by atoms with Gasteiger partial charge in [-0.25, -0.2) is 17.9 Å². The average Bonchev–Trinajstić information content (AvgIpc) is 2.34. The molecule has 0 saturated heterocycles. The number of amides is 1. The fourth-order valence-electron chi connectivity index (χ4n) is 1.58. The lowest BCUT2D eigenvalue weighted by atomic mass is 10.1. The minimum atomic E-state index is -4.08. The molecule has 1 rings (SSSR count). The molecule has 0 radical (unpaired) electrons. The molecule has 1 amide bonds. The average molecular weight is 288 g/mol. The number of carbonyl (C=O) groups is 1. The lowest BCUT2D eigenvalue weighted by Crippen LogP contribution is -2.35. The Morgan fingerprint density at radius 2 is 2.05 bits per heavy atom. The van der Waals surface area contributed by atoms with Crippen molar-refractivity contribution in [1.82, 2.24) is 4.90 Å². The van der Waals surface area contributed by atoms with Crippen LogP contribution in [-0.4, -0.2) is 32.3 Å². The zero-order chi connectivity index (χ0) is 14.8. The number of sulfonamides is 1. The smallest absolute Gasteiger partial charge is 0.255 e. The maximum atomic E-state index is 13.2. The van der Waals surface area contributed by atoms with Crippen molar-refractivity contribution in [2.24, 2.45) is 5.14 Å². The highest BCUT2D eigenvalue weighted by Gasteiger charge is 2.24. The summed E-state index contributed by atoms with van der Waals surface area (Å²) in [6, 6.07) is 2.76. The molecule has 0 aromatic heterocycles. The molecule has 0 heterocycles. The standard InChI is InChI=1S/C12H17FN2O3S/c1-4-8(2)15(3)12(16)10-7-9(13)5-6-11(10)19(14,17)18/h5-8H,4H2,1-3H3,(H2,14,17,18). The van der Waals surface area contributed by atoms with Crippen molar-refractivity contribution < 1.29 is 17.6 Å². The topological polar surface area (TPSA) is 80.5 Å². The van der Waals surface area contributed by atoms with Gasteiger partial charge in [0, 0.05) is 13.1 Å². The first-order chi connectivity index (χ1) is 8.68. The van der Waals surface area contributed by atoms with Gasteiger partial charge in [0.15, 0.2) is 0 Å². The zero-order valence-corrected chi connectivity index (χ0v) is 11.9. The Hall–Kier alpha value is -1.47. The first-order valence-corrected chi connectivity index (χ1v) is 7.32. The van der Waals surface area contributed by atoms with E-state index in [-0.39, 0.29) is 16.5 Å². The third kappa shape index (κ3) is 3.51. The van der Waals surface area contributed by atoms with Crippen molar-refractivity contribution >= 4 is 15.9 Å². The van der Waals surface area contributed by atoms with E-state index in [1.807, 2.05) is 13.8 Å². The van der Waals surface area contributed by atoms with E-state index >= 15 is 0 Å². The van der Waals surface area contributed by atoms with Crippen LogP contribution in [-0.2, 0) is 10.0 Å². The van der Waals surface area contributed by atoms with Gasteiger partial charge in [-0.3, -0.25) is 4.79 Å². The van der Waals surface area contributed by atoms with E-state index in [0.29, 0.717) is 6.42 Å². The van der Waals surface area contributed by atoms with Crippen LogP contribution in [0, 0.1) is 5.82 Å². The van der Waals surface area contributed by atoms with E-state index in [1.165, 1.54) is 11.9 Å². The predicted molar refractivity (Wildman–Crippen MR) is 69.6 cm³/mol. The van der Waals surface area contributed by atoms with Crippen LogP contribution < -0.4 is 5.14 Å². The molecule has 0 aliphatic carbocycles. The number of halogens is 1. The van der Waals surface area contributed by atoms with Gasteiger partial charge < -0.3 is 4.90 Å². The van der Waals surface area contributed by atoms with Crippen LogP contribution >= 0.6 is 0 Å². The van der Waals surface area contributed by atoms with Crippen LogP contribution in [0.3, 0.4) is 0 Å². The van der Waals surface area contributed by atoms with Crippen LogP contribution in [0.1, 0.15) is 30.6 Å². The molecule has 1 atom stereocenters. The molecule has 106 valence electrons. The maximum Gasteiger partial charge on any atom is 0.255 e. The number of rotatable bonds is 4. The van der Waals surface area contributed by atoms with Crippen molar-refractivity contribution in [2.45, 2.75) is 31.2 Å². The van der Waals surface area contributed by atoms with E-state index in [2.05, 4.69) is 0 Å². The molecule has 0 aliphatic heterocycles. The molecule has 0 saturated carbocycles. The maximum absolute atomic E-state index is 13.2. The molecular weight excluding hydrogens is 271 g/mol.